The van der Waals surface area contributed by atoms with Gasteiger partial charge in [0.05, 0.1) is 39.6 Å². The number of aliphatic imine (C=N–C) groups is 1. The van der Waals surface area contributed by atoms with Crippen LogP contribution in [0.25, 0.3) is 0 Å². The third kappa shape index (κ3) is 18.4. The summed E-state index contributed by atoms with van der Waals surface area (Å²) >= 11 is 0. The van der Waals surface area contributed by atoms with E-state index >= 15 is 0 Å². The highest BCUT2D eigenvalue weighted by Crippen LogP contribution is 2.26. The fourth-order valence-corrected chi connectivity index (χ4v) is 7.68. The molecule has 352 valence electrons. The van der Waals surface area contributed by atoms with E-state index in [9.17, 15) is 9.59 Å². The number of azo groups is 2. The van der Waals surface area contributed by atoms with Crippen molar-refractivity contribution >= 4 is 46.6 Å². The Morgan fingerprint density at radius 3 is 1.21 bits per heavy atom. The number of unbranched alkanes of at least 4 members (excludes halogenated alkanes) is 14. The zero-order valence-electron chi connectivity index (χ0n) is 40.0. The zero-order chi connectivity index (χ0) is 47.4. The van der Waals surface area contributed by atoms with Crippen LogP contribution in [0, 0.1) is 0 Å². The van der Waals surface area contributed by atoms with Crippen molar-refractivity contribution in [3.8, 4) is 11.5 Å². The second kappa shape index (κ2) is 29.0. The van der Waals surface area contributed by atoms with Crippen LogP contribution in [-0.4, -0.2) is 18.2 Å². The SMILES string of the molecule is CCCCCCCCCCc1ccc(N=Nc2ccc(OC(=O)c3ccc(C=Nc4cccc(C(=O)Oc5ccc(N=Nc6ccc(CCCCCCCCCC)cc6)cc5)c4)cc3)cc2)cc1. The van der Waals surface area contributed by atoms with Crippen LogP contribution in [0.15, 0.2) is 171 Å². The minimum absolute atomic E-state index is 0.359. The maximum absolute atomic E-state index is 13.0. The van der Waals surface area contributed by atoms with Crippen LogP contribution in [0.4, 0.5) is 28.4 Å². The minimum Gasteiger partial charge on any atom is -0.423 e. The predicted octanol–water partition coefficient (Wildman–Crippen LogP) is 18.1. The predicted molar refractivity (Wildman–Crippen MR) is 277 cm³/mol. The first-order chi connectivity index (χ1) is 33.4. The lowest BCUT2D eigenvalue weighted by Gasteiger charge is -2.06. The van der Waals surface area contributed by atoms with Gasteiger partial charge < -0.3 is 9.47 Å². The molecule has 9 heteroatoms. The summed E-state index contributed by atoms with van der Waals surface area (Å²) < 4.78 is 11.2. The topological polar surface area (TPSA) is 114 Å². The van der Waals surface area contributed by atoms with Crippen LogP contribution >= 0.6 is 0 Å². The third-order valence-corrected chi connectivity index (χ3v) is 11.8. The van der Waals surface area contributed by atoms with Crippen LogP contribution in [-0.2, 0) is 12.8 Å². The Morgan fingerprint density at radius 1 is 0.397 bits per heavy atom. The number of hydrogen-bond donors (Lipinski definition) is 0. The van der Waals surface area contributed by atoms with E-state index in [1.807, 2.05) is 24.3 Å². The highest BCUT2D eigenvalue weighted by molar-refractivity contribution is 5.93. The van der Waals surface area contributed by atoms with E-state index in [0.717, 1.165) is 29.8 Å². The van der Waals surface area contributed by atoms with Crippen LogP contribution in [0.2, 0.25) is 0 Å². The number of esters is 2. The molecule has 0 atom stereocenters. The van der Waals surface area contributed by atoms with Crippen molar-refractivity contribution in [1.29, 1.82) is 0 Å². The zero-order valence-corrected chi connectivity index (χ0v) is 40.0. The number of aryl methyl sites for hydroxylation is 2. The van der Waals surface area contributed by atoms with E-state index < -0.39 is 11.9 Å². The molecule has 0 radical (unpaired) electrons. The van der Waals surface area contributed by atoms with Crippen molar-refractivity contribution in [2.45, 2.75) is 129 Å². The lowest BCUT2D eigenvalue weighted by Crippen LogP contribution is -2.08. The Bertz CT molecular complexity index is 2500. The smallest absolute Gasteiger partial charge is 0.343 e. The van der Waals surface area contributed by atoms with Gasteiger partial charge in [0.1, 0.15) is 11.5 Å². The molecule has 6 aromatic rings. The molecular weight excluding hydrogens is 843 g/mol. The summed E-state index contributed by atoms with van der Waals surface area (Å²) in [6.45, 7) is 4.51. The summed E-state index contributed by atoms with van der Waals surface area (Å²) in [6, 6.07) is 44.2. The molecule has 6 rings (SSSR count). The second-order valence-electron chi connectivity index (χ2n) is 17.4. The number of carbonyl (C=O) groups excluding carboxylic acids is 2. The fraction of sp³-hybridized carbons (Fsp3) is 0.339. The second-order valence-corrected chi connectivity index (χ2v) is 17.4. The molecule has 0 spiro atoms. The Balaban J connectivity index is 0.896. The van der Waals surface area contributed by atoms with Gasteiger partial charge in [0.25, 0.3) is 0 Å². The Kier molecular flexibility index (Phi) is 21.6. The minimum atomic E-state index is -0.504. The lowest BCUT2D eigenvalue weighted by molar-refractivity contribution is 0.0725. The van der Waals surface area contributed by atoms with Gasteiger partial charge in [-0.05, 0) is 146 Å². The molecule has 68 heavy (non-hydrogen) atoms. The summed E-state index contributed by atoms with van der Waals surface area (Å²) in [5.74, 6) is -0.186. The molecule has 0 fully saturated rings. The summed E-state index contributed by atoms with van der Waals surface area (Å²) in [5, 5.41) is 17.5. The van der Waals surface area contributed by atoms with Crippen molar-refractivity contribution in [2.75, 3.05) is 0 Å². The molecular formula is C59H67N5O4. The standard InChI is InChI=1S/C59H67N5O4/c1-3-5-7-9-11-13-15-17-20-46-26-32-51(33-27-46)61-63-53-36-40-56(41-37-53)67-58(65)49-30-24-48(25-31-49)45-60-55-23-19-22-50(44-55)59(66)68-57-42-38-54(39-43-57)64-62-52-34-28-47(29-35-52)21-18-16-14-12-10-8-6-4-2/h19,22-45H,3-18,20-21H2,1-2H3. The van der Waals surface area contributed by atoms with Crippen molar-refractivity contribution in [2.24, 2.45) is 25.4 Å². The highest BCUT2D eigenvalue weighted by Gasteiger charge is 2.11. The van der Waals surface area contributed by atoms with Crippen molar-refractivity contribution in [1.82, 2.24) is 0 Å². The molecule has 0 aliphatic carbocycles. The first-order valence-electron chi connectivity index (χ1n) is 24.8. The van der Waals surface area contributed by atoms with Crippen molar-refractivity contribution in [3.05, 3.63) is 173 Å². The molecule has 0 amide bonds. The van der Waals surface area contributed by atoms with Crippen molar-refractivity contribution < 1.29 is 19.1 Å². The molecule has 0 saturated heterocycles. The van der Waals surface area contributed by atoms with E-state index in [1.54, 1.807) is 103 Å². The number of hydrogen-bond acceptors (Lipinski definition) is 9. The van der Waals surface area contributed by atoms with E-state index in [0.29, 0.717) is 39.7 Å². The molecule has 0 unspecified atom stereocenters. The van der Waals surface area contributed by atoms with Crippen LogP contribution in [0.1, 0.15) is 154 Å². The van der Waals surface area contributed by atoms with Crippen molar-refractivity contribution in [3.63, 3.8) is 0 Å². The summed E-state index contributed by atoms with van der Waals surface area (Å²) in [5.41, 5.74) is 7.64. The first kappa shape index (κ1) is 50.5. The van der Waals surface area contributed by atoms with E-state index in [4.69, 9.17) is 9.47 Å². The molecule has 0 aliphatic rings. The van der Waals surface area contributed by atoms with Gasteiger partial charge in [0.2, 0.25) is 0 Å². The lowest BCUT2D eigenvalue weighted by atomic mass is 10.0. The van der Waals surface area contributed by atoms with Crippen LogP contribution < -0.4 is 9.47 Å². The fourth-order valence-electron chi connectivity index (χ4n) is 7.68. The maximum Gasteiger partial charge on any atom is 0.343 e. The first-order valence-corrected chi connectivity index (χ1v) is 24.8. The number of benzene rings is 6. The van der Waals surface area contributed by atoms with Gasteiger partial charge in [-0.3, -0.25) is 4.99 Å². The molecule has 0 heterocycles. The number of ether oxygens (including phenoxy) is 2. The molecule has 0 aliphatic heterocycles. The average molecular weight is 910 g/mol. The Hall–Kier alpha value is -6.87. The summed E-state index contributed by atoms with van der Waals surface area (Å²) in [6.07, 6.45) is 24.9. The molecule has 6 aromatic carbocycles. The average Bonchev–Trinajstić information content (AvgIpc) is 3.38. The number of rotatable bonds is 28. The Labute approximate surface area is 403 Å². The number of carbonyl (C=O) groups is 2. The van der Waals surface area contributed by atoms with Gasteiger partial charge in [0, 0.05) is 6.21 Å². The maximum atomic E-state index is 13.0. The third-order valence-electron chi connectivity index (χ3n) is 11.8. The normalized spacial score (nSPS) is 11.5. The molecule has 0 aromatic heterocycles. The summed E-state index contributed by atoms with van der Waals surface area (Å²) in [7, 11) is 0. The van der Waals surface area contributed by atoms with Gasteiger partial charge in [-0.15, -0.1) is 0 Å². The van der Waals surface area contributed by atoms with E-state index in [2.05, 4.69) is 63.6 Å². The summed E-state index contributed by atoms with van der Waals surface area (Å²) in [4.78, 5) is 30.5. The monoisotopic (exact) mass is 910 g/mol. The van der Waals surface area contributed by atoms with Gasteiger partial charge >= 0.3 is 11.9 Å². The molecule has 0 bridgehead atoms. The highest BCUT2D eigenvalue weighted by atomic mass is 16.5. The van der Waals surface area contributed by atoms with E-state index in [1.165, 1.54) is 114 Å². The van der Waals surface area contributed by atoms with Gasteiger partial charge in [-0.1, -0.05) is 146 Å². The van der Waals surface area contributed by atoms with Gasteiger partial charge in [0.15, 0.2) is 0 Å². The van der Waals surface area contributed by atoms with Gasteiger partial charge in [-0.2, -0.15) is 20.5 Å². The van der Waals surface area contributed by atoms with Crippen LogP contribution in [0.5, 0.6) is 11.5 Å². The molecule has 9 nitrogen and oxygen atoms in total. The van der Waals surface area contributed by atoms with Gasteiger partial charge in [-0.25, -0.2) is 9.59 Å². The van der Waals surface area contributed by atoms with Crippen LogP contribution in [0.3, 0.4) is 0 Å². The van der Waals surface area contributed by atoms with E-state index in [-0.39, 0.29) is 0 Å². The number of nitrogens with zero attached hydrogens (tertiary/aromatic N) is 5. The Morgan fingerprint density at radius 2 is 0.779 bits per heavy atom. The molecule has 0 N–H and O–H groups in total. The largest absolute Gasteiger partial charge is 0.423 e. The quantitative estimate of drug-likeness (QED) is 0.0160. The molecule has 0 saturated carbocycles.